The highest BCUT2D eigenvalue weighted by atomic mass is 16.5. The minimum absolute atomic E-state index is 0.427. The number of ether oxygens (including phenoxy) is 2. The number of anilines is 1. The van der Waals surface area contributed by atoms with Gasteiger partial charge in [-0.25, -0.2) is 4.79 Å². The molecule has 0 saturated heterocycles. The Kier molecular flexibility index (Phi) is 5.80. The molecule has 31 heavy (non-hydrogen) atoms. The molecule has 0 spiro atoms. The normalized spacial score (nSPS) is 14.0. The van der Waals surface area contributed by atoms with E-state index in [1.807, 2.05) is 38.1 Å². The molecule has 0 bridgehead atoms. The van der Waals surface area contributed by atoms with Gasteiger partial charge in [-0.2, -0.15) is 0 Å². The zero-order chi connectivity index (χ0) is 22.0. The number of amides is 1. The summed E-state index contributed by atoms with van der Waals surface area (Å²) in [6, 6.07) is 18.4. The molecule has 3 aromatic rings. The summed E-state index contributed by atoms with van der Waals surface area (Å²) in [6.07, 6.45) is 1.17. The smallest absolute Gasteiger partial charge is 0.341 e. The van der Waals surface area contributed by atoms with Crippen LogP contribution in [0, 0.1) is 13.8 Å². The minimum atomic E-state index is -1.08. The topological polar surface area (TPSA) is 69.6 Å². The van der Waals surface area contributed by atoms with Crippen LogP contribution in [0.25, 0.3) is 0 Å². The van der Waals surface area contributed by atoms with Gasteiger partial charge in [0.05, 0.1) is 12.7 Å². The molecule has 1 aliphatic carbocycles. The van der Waals surface area contributed by atoms with E-state index in [-0.39, 0.29) is 0 Å². The summed E-state index contributed by atoms with van der Waals surface area (Å²) in [7, 11) is 1.56. The van der Waals surface area contributed by atoms with Crippen molar-refractivity contribution in [3.05, 3.63) is 83.2 Å². The molecule has 1 aliphatic rings. The zero-order valence-electron chi connectivity index (χ0n) is 17.9. The van der Waals surface area contributed by atoms with Crippen LogP contribution in [0.1, 0.15) is 52.3 Å². The van der Waals surface area contributed by atoms with Gasteiger partial charge in [-0.05, 0) is 44.9 Å². The predicted octanol–water partition coefficient (Wildman–Crippen LogP) is 4.99. The molecule has 0 radical (unpaired) electrons. The fraction of sp³-hybridized carbons (Fsp3) is 0.280. The quantitative estimate of drug-likeness (QED) is 0.549. The van der Waals surface area contributed by atoms with E-state index in [1.54, 1.807) is 43.5 Å². The minimum Gasteiger partial charge on any atom is -0.497 e. The lowest BCUT2D eigenvalue weighted by atomic mass is 10.1. The van der Waals surface area contributed by atoms with Crippen molar-refractivity contribution in [2.24, 2.45) is 0 Å². The third kappa shape index (κ3) is 4.48. The lowest BCUT2D eigenvalue weighted by Crippen LogP contribution is -2.26. The predicted molar refractivity (Wildman–Crippen MR) is 118 cm³/mol. The number of hydrogen-bond acceptors (Lipinski definition) is 4. The number of nitrogens with zero attached hydrogens (tertiary/aromatic N) is 1. The van der Waals surface area contributed by atoms with Crippen LogP contribution >= 0.6 is 0 Å². The number of aryl methyl sites for hydroxylation is 1. The molecule has 1 N–H and O–H groups in total. The summed E-state index contributed by atoms with van der Waals surface area (Å²) in [5.41, 5.74) is 3.58. The summed E-state index contributed by atoms with van der Waals surface area (Å²) in [6.45, 7) is 3.92. The maximum atomic E-state index is 13.1. The number of aromatic nitrogens is 1. The Balaban J connectivity index is 1.59. The fourth-order valence-corrected chi connectivity index (χ4v) is 3.86. The number of carbonyl (C=O) groups is 2. The van der Waals surface area contributed by atoms with Crippen molar-refractivity contribution in [2.75, 3.05) is 12.4 Å². The number of nitrogens with one attached hydrogen (secondary N) is 1. The number of carbonyl (C=O) groups excluding carboxylic acids is 2. The van der Waals surface area contributed by atoms with Crippen molar-refractivity contribution in [1.29, 1.82) is 0 Å². The first-order chi connectivity index (χ1) is 15.0. The Labute approximate surface area is 181 Å². The molecule has 1 amide bonds. The summed E-state index contributed by atoms with van der Waals surface area (Å²) in [4.78, 5) is 26.2. The third-order valence-electron chi connectivity index (χ3n) is 5.52. The van der Waals surface area contributed by atoms with E-state index in [9.17, 15) is 9.59 Å². The van der Waals surface area contributed by atoms with E-state index in [2.05, 4.69) is 9.88 Å². The van der Waals surface area contributed by atoms with Gasteiger partial charge >= 0.3 is 5.97 Å². The molecular formula is C25H26N2O4. The number of methoxy groups -OCH3 is 1. The third-order valence-corrected chi connectivity index (χ3v) is 5.52. The Bertz CT molecular complexity index is 1100. The molecule has 1 saturated carbocycles. The van der Waals surface area contributed by atoms with Crippen LogP contribution in [0.5, 0.6) is 5.75 Å². The summed E-state index contributed by atoms with van der Waals surface area (Å²) in [5, 5.41) is 2.83. The second-order valence-corrected chi connectivity index (χ2v) is 7.80. The maximum Gasteiger partial charge on any atom is 0.341 e. The van der Waals surface area contributed by atoms with Crippen molar-refractivity contribution in [1.82, 2.24) is 4.57 Å². The summed E-state index contributed by atoms with van der Waals surface area (Å²) >= 11 is 0. The molecule has 1 fully saturated rings. The zero-order valence-corrected chi connectivity index (χ0v) is 17.9. The molecule has 1 atom stereocenters. The molecule has 4 rings (SSSR count). The molecule has 1 heterocycles. The Hall–Kier alpha value is -3.54. The Morgan fingerprint density at radius 2 is 1.77 bits per heavy atom. The van der Waals surface area contributed by atoms with E-state index in [1.165, 1.54) is 0 Å². The molecule has 0 aliphatic heterocycles. The second kappa shape index (κ2) is 8.68. The average molecular weight is 418 g/mol. The first kappa shape index (κ1) is 20.7. The van der Waals surface area contributed by atoms with E-state index in [0.717, 1.165) is 24.2 Å². The highest BCUT2D eigenvalue weighted by Gasteiger charge is 2.31. The van der Waals surface area contributed by atoms with Crippen LogP contribution in [0.4, 0.5) is 5.69 Å². The van der Waals surface area contributed by atoms with Gasteiger partial charge in [0, 0.05) is 34.7 Å². The summed E-state index contributed by atoms with van der Waals surface area (Å²) < 4.78 is 13.2. The molecule has 6 nitrogen and oxygen atoms in total. The number of rotatable bonds is 7. The first-order valence-corrected chi connectivity index (χ1v) is 10.4. The SMILES string of the molecule is COc1cccc(NC(=O)C(OC(=O)c2cc(C)n(C3CC3)c2C)c2ccccc2)c1. The first-order valence-electron chi connectivity index (χ1n) is 10.4. The van der Waals surface area contributed by atoms with Crippen LogP contribution in [-0.4, -0.2) is 23.6 Å². The molecule has 6 heteroatoms. The van der Waals surface area contributed by atoms with Crippen molar-refractivity contribution < 1.29 is 19.1 Å². The maximum absolute atomic E-state index is 13.1. The lowest BCUT2D eigenvalue weighted by molar-refractivity contribution is -0.125. The Morgan fingerprint density at radius 3 is 2.45 bits per heavy atom. The van der Waals surface area contributed by atoms with Crippen molar-refractivity contribution in [2.45, 2.75) is 38.8 Å². The van der Waals surface area contributed by atoms with Crippen molar-refractivity contribution in [3.8, 4) is 5.75 Å². The van der Waals surface area contributed by atoms with Gasteiger partial charge in [0.15, 0.2) is 0 Å². The molecule has 1 unspecified atom stereocenters. The van der Waals surface area contributed by atoms with E-state index in [0.29, 0.717) is 28.6 Å². The Morgan fingerprint density at radius 1 is 1.03 bits per heavy atom. The van der Waals surface area contributed by atoms with Gasteiger partial charge in [-0.1, -0.05) is 36.4 Å². The summed E-state index contributed by atoms with van der Waals surface area (Å²) in [5.74, 6) is -0.308. The van der Waals surface area contributed by atoms with Gasteiger partial charge in [0.2, 0.25) is 6.10 Å². The van der Waals surface area contributed by atoms with Crippen LogP contribution in [0.3, 0.4) is 0 Å². The van der Waals surface area contributed by atoms with Crippen LogP contribution in [-0.2, 0) is 9.53 Å². The van der Waals surface area contributed by atoms with Gasteiger partial charge in [-0.3, -0.25) is 4.79 Å². The standard InChI is InChI=1S/C25H26N2O4/c1-16-14-22(17(2)27(16)20-12-13-20)25(29)31-23(18-8-5-4-6-9-18)24(28)26-19-10-7-11-21(15-19)30-3/h4-11,14-15,20,23H,12-13H2,1-3H3,(H,26,28). The number of benzene rings is 2. The largest absolute Gasteiger partial charge is 0.497 e. The van der Waals surface area contributed by atoms with E-state index < -0.39 is 18.0 Å². The highest BCUT2D eigenvalue weighted by molar-refractivity contribution is 5.98. The van der Waals surface area contributed by atoms with Crippen LogP contribution in [0.2, 0.25) is 0 Å². The van der Waals surface area contributed by atoms with E-state index in [4.69, 9.17) is 9.47 Å². The van der Waals surface area contributed by atoms with Gasteiger partial charge in [0.25, 0.3) is 5.91 Å². The average Bonchev–Trinajstić information content (AvgIpc) is 3.56. The molecule has 160 valence electrons. The van der Waals surface area contributed by atoms with Crippen LogP contribution < -0.4 is 10.1 Å². The molecule has 1 aromatic heterocycles. The fourth-order valence-electron chi connectivity index (χ4n) is 3.86. The van der Waals surface area contributed by atoms with Gasteiger partial charge in [0.1, 0.15) is 5.75 Å². The van der Waals surface area contributed by atoms with Crippen molar-refractivity contribution >= 4 is 17.6 Å². The second-order valence-electron chi connectivity index (χ2n) is 7.80. The molecule has 2 aromatic carbocycles. The van der Waals surface area contributed by atoms with Crippen molar-refractivity contribution in [3.63, 3.8) is 0 Å². The number of esters is 1. The number of hydrogen-bond donors (Lipinski definition) is 1. The van der Waals surface area contributed by atoms with Gasteiger partial charge in [-0.15, -0.1) is 0 Å². The highest BCUT2D eigenvalue weighted by Crippen LogP contribution is 2.38. The van der Waals surface area contributed by atoms with E-state index >= 15 is 0 Å². The molecular weight excluding hydrogens is 392 g/mol. The lowest BCUT2D eigenvalue weighted by Gasteiger charge is -2.18. The monoisotopic (exact) mass is 418 g/mol. The van der Waals surface area contributed by atoms with Gasteiger partial charge < -0.3 is 19.4 Å². The van der Waals surface area contributed by atoms with Crippen LogP contribution in [0.15, 0.2) is 60.7 Å².